The molecular formula is C8H15NO2. The first-order chi connectivity index (χ1) is 5.22. The summed E-state index contributed by atoms with van der Waals surface area (Å²) in [6.45, 7) is 6.69. The minimum Gasteiger partial charge on any atom is -0.372 e. The number of ether oxygens (including phenoxy) is 2. The van der Waals surface area contributed by atoms with Gasteiger partial charge in [0.25, 0.3) is 0 Å². The first-order valence-electron chi connectivity index (χ1n) is 4.21. The van der Waals surface area contributed by atoms with E-state index in [0.717, 1.165) is 19.8 Å². The molecule has 1 N–H and O–H groups in total. The quantitative estimate of drug-likeness (QED) is 0.596. The van der Waals surface area contributed by atoms with E-state index in [1.807, 2.05) is 0 Å². The number of hydrogen-bond donors (Lipinski definition) is 1. The minimum absolute atomic E-state index is 0.102. The second kappa shape index (κ2) is 2.44. The van der Waals surface area contributed by atoms with Crippen LogP contribution in [0.2, 0.25) is 0 Å². The smallest absolute Gasteiger partial charge is 0.166 e. The number of hydrogen-bond acceptors (Lipinski definition) is 3. The fourth-order valence-electron chi connectivity index (χ4n) is 1.48. The Labute approximate surface area is 67.1 Å². The molecule has 0 bridgehead atoms. The Balaban J connectivity index is 1.93. The van der Waals surface area contributed by atoms with Crippen molar-refractivity contribution >= 4 is 0 Å². The maximum Gasteiger partial charge on any atom is 0.166 e. The summed E-state index contributed by atoms with van der Waals surface area (Å²) in [5.41, 5.74) is -0.102. The molecule has 2 fully saturated rings. The Bertz CT molecular complexity index is 154. The Kier molecular flexibility index (Phi) is 1.67. The lowest BCUT2D eigenvalue weighted by atomic mass is 10.1. The van der Waals surface area contributed by atoms with E-state index in [1.54, 1.807) is 0 Å². The van der Waals surface area contributed by atoms with E-state index >= 15 is 0 Å². The first kappa shape index (κ1) is 7.53. The largest absolute Gasteiger partial charge is 0.372 e. The van der Waals surface area contributed by atoms with Crippen LogP contribution in [0, 0.1) is 5.92 Å². The number of rotatable bonds is 1. The molecule has 0 saturated carbocycles. The Hall–Kier alpha value is -0.120. The van der Waals surface area contributed by atoms with Crippen molar-refractivity contribution in [2.75, 3.05) is 19.8 Å². The highest BCUT2D eigenvalue weighted by Gasteiger charge is 2.46. The summed E-state index contributed by atoms with van der Waals surface area (Å²) >= 11 is 0. The fraction of sp³-hybridized carbons (Fsp3) is 1.00. The van der Waals surface area contributed by atoms with Gasteiger partial charge in [-0.3, -0.25) is 5.32 Å². The highest BCUT2D eigenvalue weighted by atomic mass is 16.6. The number of nitrogens with one attached hydrogen (secondary N) is 1. The van der Waals surface area contributed by atoms with Gasteiger partial charge < -0.3 is 9.47 Å². The predicted molar refractivity (Wildman–Crippen MR) is 41.3 cm³/mol. The fourth-order valence-corrected chi connectivity index (χ4v) is 1.48. The maximum atomic E-state index is 5.61. The van der Waals surface area contributed by atoms with Crippen LogP contribution in [0.15, 0.2) is 0 Å². The summed E-state index contributed by atoms with van der Waals surface area (Å²) in [5, 5.41) is 3.46. The summed E-state index contributed by atoms with van der Waals surface area (Å²) in [5.74, 6) is 0.648. The van der Waals surface area contributed by atoms with Crippen LogP contribution in [-0.2, 0) is 9.47 Å². The Morgan fingerprint density at radius 3 is 2.45 bits per heavy atom. The second-order valence-corrected chi connectivity index (χ2v) is 3.79. The van der Waals surface area contributed by atoms with Gasteiger partial charge >= 0.3 is 0 Å². The van der Waals surface area contributed by atoms with E-state index in [9.17, 15) is 0 Å². The van der Waals surface area contributed by atoms with E-state index in [0.29, 0.717) is 12.0 Å². The zero-order chi connectivity index (χ0) is 7.90. The molecule has 2 saturated heterocycles. The molecule has 3 nitrogen and oxygen atoms in total. The third-order valence-electron chi connectivity index (χ3n) is 2.46. The third kappa shape index (κ3) is 1.17. The van der Waals surface area contributed by atoms with E-state index in [2.05, 4.69) is 19.2 Å². The molecule has 1 spiro atoms. The maximum absolute atomic E-state index is 5.61. The van der Waals surface area contributed by atoms with Crippen LogP contribution in [0.5, 0.6) is 0 Å². The lowest BCUT2D eigenvalue weighted by molar-refractivity contribution is -0.195. The van der Waals surface area contributed by atoms with Gasteiger partial charge in [0.15, 0.2) is 5.72 Å². The van der Waals surface area contributed by atoms with Crippen molar-refractivity contribution in [3.8, 4) is 0 Å². The molecule has 1 atom stereocenters. The van der Waals surface area contributed by atoms with Crippen molar-refractivity contribution in [1.29, 1.82) is 0 Å². The van der Waals surface area contributed by atoms with Crippen LogP contribution < -0.4 is 5.32 Å². The molecule has 0 aliphatic carbocycles. The van der Waals surface area contributed by atoms with Crippen molar-refractivity contribution in [3.63, 3.8) is 0 Å². The summed E-state index contributed by atoms with van der Waals surface area (Å²) in [7, 11) is 0. The molecule has 2 rings (SSSR count). The molecule has 64 valence electrons. The van der Waals surface area contributed by atoms with Crippen LogP contribution in [0.3, 0.4) is 0 Å². The molecule has 0 unspecified atom stereocenters. The molecule has 0 aromatic heterocycles. The third-order valence-corrected chi connectivity index (χ3v) is 2.46. The van der Waals surface area contributed by atoms with Crippen LogP contribution in [0.25, 0.3) is 0 Å². The first-order valence-corrected chi connectivity index (χ1v) is 4.21. The minimum atomic E-state index is -0.102. The molecule has 3 heteroatoms. The van der Waals surface area contributed by atoms with Gasteiger partial charge in [0.1, 0.15) is 0 Å². The topological polar surface area (TPSA) is 30.5 Å². The van der Waals surface area contributed by atoms with E-state index in [4.69, 9.17) is 9.47 Å². The lowest BCUT2D eigenvalue weighted by Crippen LogP contribution is -2.59. The van der Waals surface area contributed by atoms with Crippen LogP contribution in [0.1, 0.15) is 13.8 Å². The van der Waals surface area contributed by atoms with Crippen LogP contribution in [-0.4, -0.2) is 31.6 Å². The monoisotopic (exact) mass is 157 g/mol. The van der Waals surface area contributed by atoms with Crippen molar-refractivity contribution in [3.05, 3.63) is 0 Å². The average Bonchev–Trinajstić information content (AvgIpc) is 2.28. The molecule has 0 radical (unpaired) electrons. The summed E-state index contributed by atoms with van der Waals surface area (Å²) in [4.78, 5) is 0. The average molecular weight is 157 g/mol. The molecular weight excluding hydrogens is 142 g/mol. The molecule has 0 aromatic carbocycles. The van der Waals surface area contributed by atoms with Gasteiger partial charge in [-0.1, -0.05) is 13.8 Å². The Morgan fingerprint density at radius 2 is 2.18 bits per heavy atom. The summed E-state index contributed by atoms with van der Waals surface area (Å²) in [6.07, 6.45) is 0. The van der Waals surface area contributed by atoms with E-state index in [-0.39, 0.29) is 5.72 Å². The zero-order valence-electron chi connectivity index (χ0n) is 7.09. The van der Waals surface area contributed by atoms with Crippen molar-refractivity contribution < 1.29 is 9.47 Å². The zero-order valence-corrected chi connectivity index (χ0v) is 7.09. The van der Waals surface area contributed by atoms with Gasteiger partial charge in [-0.25, -0.2) is 0 Å². The normalized spacial score (nSPS) is 34.6. The van der Waals surface area contributed by atoms with Crippen LogP contribution >= 0.6 is 0 Å². The van der Waals surface area contributed by atoms with E-state index < -0.39 is 0 Å². The molecule has 11 heavy (non-hydrogen) atoms. The molecule has 0 aromatic rings. The SMILES string of the molecule is CC(C)[C@H]1COC2(COC2)N1. The van der Waals surface area contributed by atoms with Crippen molar-refractivity contribution in [2.24, 2.45) is 5.92 Å². The highest BCUT2D eigenvalue weighted by Crippen LogP contribution is 2.26. The molecule has 0 amide bonds. The van der Waals surface area contributed by atoms with Gasteiger partial charge in [0.05, 0.1) is 19.8 Å². The van der Waals surface area contributed by atoms with E-state index in [1.165, 1.54) is 0 Å². The van der Waals surface area contributed by atoms with Crippen molar-refractivity contribution in [1.82, 2.24) is 5.32 Å². The predicted octanol–water partition coefficient (Wildman–Crippen LogP) is 0.357. The second-order valence-electron chi connectivity index (χ2n) is 3.79. The van der Waals surface area contributed by atoms with Gasteiger partial charge in [-0.15, -0.1) is 0 Å². The summed E-state index contributed by atoms with van der Waals surface area (Å²) in [6, 6.07) is 0.513. The van der Waals surface area contributed by atoms with Crippen LogP contribution in [0.4, 0.5) is 0 Å². The van der Waals surface area contributed by atoms with Gasteiger partial charge in [-0.05, 0) is 5.92 Å². The summed E-state index contributed by atoms with van der Waals surface area (Å²) < 4.78 is 10.7. The van der Waals surface area contributed by atoms with Gasteiger partial charge in [0, 0.05) is 6.04 Å². The molecule has 2 aliphatic rings. The molecule has 2 aliphatic heterocycles. The van der Waals surface area contributed by atoms with Gasteiger partial charge in [-0.2, -0.15) is 0 Å². The lowest BCUT2D eigenvalue weighted by Gasteiger charge is -2.37. The van der Waals surface area contributed by atoms with Crippen molar-refractivity contribution in [2.45, 2.75) is 25.6 Å². The standard InChI is InChI=1S/C8H15NO2/c1-6(2)7-3-11-8(9-7)4-10-5-8/h6-7,9H,3-5H2,1-2H3/t7-/m1/s1. The highest BCUT2D eigenvalue weighted by molar-refractivity contribution is 4.94. The van der Waals surface area contributed by atoms with Gasteiger partial charge in [0.2, 0.25) is 0 Å². The Morgan fingerprint density at radius 1 is 1.45 bits per heavy atom. The molecule has 2 heterocycles.